The summed E-state index contributed by atoms with van der Waals surface area (Å²) in [4.78, 5) is 53.4. The largest absolute Gasteiger partial charge is 0.458 e. The smallest absolute Gasteiger partial charge is 0.306 e. The van der Waals surface area contributed by atoms with Gasteiger partial charge in [0.25, 0.3) is 0 Å². The van der Waals surface area contributed by atoms with Crippen LogP contribution in [-0.2, 0) is 28.7 Å². The maximum Gasteiger partial charge on any atom is 0.306 e. The number of esters is 2. The molecule has 0 saturated heterocycles. The van der Waals surface area contributed by atoms with Crippen LogP contribution in [0.1, 0.15) is 125 Å². The Bertz CT molecular complexity index is 1290. The number of ether oxygens (including phenoxy) is 2. The van der Waals surface area contributed by atoms with Crippen LogP contribution in [0.3, 0.4) is 0 Å². The van der Waals surface area contributed by atoms with E-state index in [2.05, 4.69) is 6.92 Å². The Morgan fingerprint density at radius 1 is 0.896 bits per heavy atom. The van der Waals surface area contributed by atoms with Gasteiger partial charge < -0.3 is 29.9 Å². The van der Waals surface area contributed by atoms with Crippen LogP contribution in [0.15, 0.2) is 23.3 Å². The third-order valence-electron chi connectivity index (χ3n) is 12.1. The second-order valence-electron chi connectivity index (χ2n) is 15.2. The lowest BCUT2D eigenvalue weighted by Crippen LogP contribution is -2.67. The molecule has 0 amide bonds. The number of unbranched alkanes of at least 4 members (excludes halogenated alkanes) is 12. The first-order valence-electron chi connectivity index (χ1n) is 18.3. The van der Waals surface area contributed by atoms with Crippen LogP contribution in [0.5, 0.6) is 0 Å². The highest BCUT2D eigenvalue weighted by Gasteiger charge is 2.90. The SMILES string of the molecule is CCCCCCCCCCCCCCCC(=O)O[C@@H]1[C@@H](C)[C@@]2(O)C(C(=O)C(CO)=C[C@]3(O)C(=O)C(C)=CC23)C2[C@](C)(CO)[C@@]21OC(C)=O. The Labute approximate surface area is 285 Å². The van der Waals surface area contributed by atoms with Crippen LogP contribution in [0.25, 0.3) is 0 Å². The Morgan fingerprint density at radius 3 is 1.94 bits per heavy atom. The van der Waals surface area contributed by atoms with Gasteiger partial charge in [-0.3, -0.25) is 19.2 Å². The predicted molar refractivity (Wildman–Crippen MR) is 178 cm³/mol. The topological polar surface area (TPSA) is 168 Å². The molecule has 4 rings (SSSR count). The molecule has 0 spiro atoms. The van der Waals surface area contributed by atoms with Crippen LogP contribution < -0.4 is 0 Å². The van der Waals surface area contributed by atoms with Gasteiger partial charge in [-0.1, -0.05) is 104 Å². The molecular weight excluding hydrogens is 616 g/mol. The fourth-order valence-electron chi connectivity index (χ4n) is 9.42. The van der Waals surface area contributed by atoms with Crippen LogP contribution in [0.2, 0.25) is 0 Å². The fourth-order valence-corrected chi connectivity index (χ4v) is 9.42. The highest BCUT2D eigenvalue weighted by molar-refractivity contribution is 6.09. The van der Waals surface area contributed by atoms with Crippen molar-refractivity contribution in [1.82, 2.24) is 0 Å². The second kappa shape index (κ2) is 15.2. The first-order chi connectivity index (χ1) is 22.7. The molecule has 4 aliphatic carbocycles. The van der Waals surface area contributed by atoms with E-state index in [-0.39, 0.29) is 17.6 Å². The quantitative estimate of drug-likeness (QED) is 0.118. The molecule has 0 heterocycles. The van der Waals surface area contributed by atoms with E-state index in [4.69, 9.17) is 9.47 Å². The highest BCUT2D eigenvalue weighted by Crippen LogP contribution is 2.77. The summed E-state index contributed by atoms with van der Waals surface area (Å²) in [5, 5.41) is 45.4. The molecule has 0 aromatic heterocycles. The van der Waals surface area contributed by atoms with Crippen molar-refractivity contribution in [3.05, 3.63) is 23.3 Å². The first kappa shape index (κ1) is 38.4. The summed E-state index contributed by atoms with van der Waals surface area (Å²) in [5.74, 6) is -7.60. The lowest BCUT2D eigenvalue weighted by molar-refractivity contribution is -0.229. The van der Waals surface area contributed by atoms with Gasteiger partial charge in [0.2, 0.25) is 0 Å². The molecule has 2 fully saturated rings. The molecule has 10 nitrogen and oxygen atoms in total. The third-order valence-corrected chi connectivity index (χ3v) is 12.1. The summed E-state index contributed by atoms with van der Waals surface area (Å²) >= 11 is 0. The van der Waals surface area contributed by atoms with Crippen molar-refractivity contribution >= 4 is 23.5 Å². The average molecular weight is 675 g/mol. The van der Waals surface area contributed by atoms with Gasteiger partial charge in [-0.15, -0.1) is 0 Å². The Kier molecular flexibility index (Phi) is 12.2. The summed E-state index contributed by atoms with van der Waals surface area (Å²) in [5.41, 5.74) is -7.55. The van der Waals surface area contributed by atoms with E-state index < -0.39 is 88.7 Å². The number of carbonyl (C=O) groups is 4. The van der Waals surface area contributed by atoms with Gasteiger partial charge in [0, 0.05) is 42.1 Å². The van der Waals surface area contributed by atoms with Crippen molar-refractivity contribution in [1.29, 1.82) is 0 Å². The minimum Gasteiger partial charge on any atom is -0.458 e. The third kappa shape index (κ3) is 6.47. The fraction of sp³-hybridized carbons (Fsp3) is 0.789. The van der Waals surface area contributed by atoms with E-state index in [0.717, 1.165) is 25.3 Å². The molecule has 0 radical (unpaired) electrons. The number of Topliss-reactive ketones (excluding diaryl/α,β-unsaturated/α-hetero) is 2. The molecule has 9 atom stereocenters. The molecule has 48 heavy (non-hydrogen) atoms. The minimum absolute atomic E-state index is 0.0967. The van der Waals surface area contributed by atoms with Crippen LogP contribution in [0, 0.1) is 29.1 Å². The van der Waals surface area contributed by atoms with Crippen molar-refractivity contribution in [2.24, 2.45) is 29.1 Å². The number of aliphatic hydroxyl groups is 4. The molecule has 0 bridgehead atoms. The van der Waals surface area contributed by atoms with Gasteiger partial charge in [0.1, 0.15) is 6.10 Å². The molecule has 3 unspecified atom stereocenters. The van der Waals surface area contributed by atoms with Crippen LogP contribution in [-0.4, -0.2) is 80.1 Å². The minimum atomic E-state index is -2.33. The molecule has 0 aromatic rings. The number of hydrogen-bond acceptors (Lipinski definition) is 10. The van der Waals surface area contributed by atoms with Crippen molar-refractivity contribution in [2.45, 2.75) is 147 Å². The Morgan fingerprint density at radius 2 is 1.44 bits per heavy atom. The molecule has 270 valence electrons. The van der Waals surface area contributed by atoms with E-state index in [0.29, 0.717) is 6.42 Å². The monoisotopic (exact) mass is 674 g/mol. The second-order valence-corrected chi connectivity index (χ2v) is 15.2. The molecular formula is C38H58O10. The Balaban J connectivity index is 1.49. The number of hydrogen-bond donors (Lipinski definition) is 4. The maximum atomic E-state index is 14.1. The van der Waals surface area contributed by atoms with Crippen molar-refractivity contribution in [3.8, 4) is 0 Å². The standard InChI is InChI=1S/C38H58O10/c1-6-7-8-9-10-11-12-13-14-15-16-17-18-19-29(42)47-34-25(3)37(46)28-20-24(2)33(44)36(28,45)21-27(22-39)31(43)30(37)32-35(5,23-40)38(32,34)48-26(4)41/h20-21,25,28,30,32,34,39-40,45-46H,6-19,22-23H2,1-5H3/t25-,28?,30?,32?,34-,35+,36-,37+,38-/m1/s1. The maximum absolute atomic E-state index is 14.1. The molecule has 10 heteroatoms. The highest BCUT2D eigenvalue weighted by atomic mass is 16.6. The van der Waals surface area contributed by atoms with E-state index >= 15 is 0 Å². The van der Waals surface area contributed by atoms with E-state index in [1.54, 1.807) is 13.8 Å². The van der Waals surface area contributed by atoms with E-state index in [1.807, 2.05) is 0 Å². The summed E-state index contributed by atoms with van der Waals surface area (Å²) < 4.78 is 12.0. The van der Waals surface area contributed by atoms with Gasteiger partial charge in [-0.25, -0.2) is 0 Å². The van der Waals surface area contributed by atoms with Gasteiger partial charge in [-0.05, 0) is 25.0 Å². The molecule has 2 saturated carbocycles. The summed E-state index contributed by atoms with van der Waals surface area (Å²) in [7, 11) is 0. The van der Waals surface area contributed by atoms with Gasteiger partial charge in [0.15, 0.2) is 22.8 Å². The molecule has 4 N–H and O–H groups in total. The zero-order valence-corrected chi connectivity index (χ0v) is 29.6. The zero-order chi connectivity index (χ0) is 35.5. The number of rotatable bonds is 18. The summed E-state index contributed by atoms with van der Waals surface area (Å²) in [6, 6.07) is 0. The van der Waals surface area contributed by atoms with Crippen molar-refractivity contribution in [3.63, 3.8) is 0 Å². The van der Waals surface area contributed by atoms with Crippen molar-refractivity contribution in [2.75, 3.05) is 13.2 Å². The number of ketones is 2. The first-order valence-corrected chi connectivity index (χ1v) is 18.3. The van der Waals surface area contributed by atoms with Crippen molar-refractivity contribution < 1.29 is 49.1 Å². The van der Waals surface area contributed by atoms with Crippen LogP contribution in [0.4, 0.5) is 0 Å². The molecule has 0 aromatic carbocycles. The Hall–Kier alpha value is -2.40. The molecule has 0 aliphatic heterocycles. The number of fused-ring (bicyclic) bond motifs is 5. The van der Waals surface area contributed by atoms with Gasteiger partial charge in [0.05, 0.1) is 24.7 Å². The normalized spacial score (nSPS) is 36.7. The summed E-state index contributed by atoms with van der Waals surface area (Å²) in [6.45, 7) is 6.71. The average Bonchev–Trinajstić information content (AvgIpc) is 3.50. The number of aliphatic hydroxyl groups excluding tert-OH is 2. The van der Waals surface area contributed by atoms with E-state index in [9.17, 15) is 39.6 Å². The van der Waals surface area contributed by atoms with Gasteiger partial charge in [-0.2, -0.15) is 0 Å². The van der Waals surface area contributed by atoms with Crippen LogP contribution >= 0.6 is 0 Å². The predicted octanol–water partition coefficient (Wildman–Crippen LogP) is 4.68. The number of carbonyl (C=O) groups excluding carboxylic acids is 4. The van der Waals surface area contributed by atoms with Gasteiger partial charge >= 0.3 is 11.9 Å². The van der Waals surface area contributed by atoms with E-state index in [1.165, 1.54) is 77.7 Å². The zero-order valence-electron chi connectivity index (χ0n) is 29.6. The lowest BCUT2D eigenvalue weighted by Gasteiger charge is -2.52. The summed E-state index contributed by atoms with van der Waals surface area (Å²) in [6.07, 6.45) is 16.3. The molecule has 4 aliphatic rings. The lowest BCUT2D eigenvalue weighted by atomic mass is 9.58.